The monoisotopic (exact) mass is 624 g/mol. The Morgan fingerprint density at radius 2 is 1.55 bits per heavy atom. The second-order valence-corrected chi connectivity index (χ2v) is 63.3. The Bertz CT molecular complexity index is 1010. The van der Waals surface area contributed by atoms with Gasteiger partial charge in [0.15, 0.2) is 5.70 Å². The molecule has 5 nitrogen and oxygen atoms in total. The number of halogens is 6. The number of quaternary nitrogens is 1. The minimum absolute atomic E-state index is 0.842. The van der Waals surface area contributed by atoms with E-state index in [2.05, 4.69) is 28.5 Å². The van der Waals surface area contributed by atoms with Crippen molar-refractivity contribution in [3.05, 3.63) is 65.9 Å². The molecule has 1 aromatic heterocycles. The van der Waals surface area contributed by atoms with Crippen molar-refractivity contribution in [2.24, 2.45) is 0 Å². The molecule has 1 aliphatic heterocycles. The van der Waals surface area contributed by atoms with Gasteiger partial charge in [0.1, 0.15) is 17.6 Å². The number of benzene rings is 2. The molecule has 0 radical (unpaired) electrons. The van der Waals surface area contributed by atoms with Gasteiger partial charge in [-0.2, -0.15) is 4.94 Å². The second kappa shape index (κ2) is 8.44. The van der Waals surface area contributed by atoms with Gasteiger partial charge in [0.25, 0.3) is 0 Å². The molecule has 0 bridgehead atoms. The fourth-order valence-electron chi connectivity index (χ4n) is 2.77. The molecule has 0 amide bonds. The Morgan fingerprint density at radius 3 is 2.24 bits per heavy atom. The number of aromatic nitrogens is 3. The maximum absolute atomic E-state index is 6.00. The van der Waals surface area contributed by atoms with Crippen molar-refractivity contribution >= 4 is 79.2 Å². The van der Waals surface area contributed by atoms with Crippen molar-refractivity contribution < 1.29 is 10.0 Å². The molecule has 158 valence electrons. The van der Waals surface area contributed by atoms with Gasteiger partial charge in [-0.15, -0.1) is 5.10 Å². The number of allylic oxidation sites excluding steroid dienone is 1. The first-order valence-corrected chi connectivity index (χ1v) is 27.9. The topological polar surface area (TPSA) is 44.4 Å². The van der Waals surface area contributed by atoms with Gasteiger partial charge in [-0.05, 0) is 27.8 Å². The summed E-state index contributed by atoms with van der Waals surface area (Å²) in [6.07, 6.45) is 4.35. The molecule has 29 heavy (non-hydrogen) atoms. The predicted octanol–water partition coefficient (Wildman–Crippen LogP) is 5.25. The van der Waals surface area contributed by atoms with E-state index in [9.17, 15) is 0 Å². The zero-order valence-electron chi connectivity index (χ0n) is 14.9. The molecule has 1 atom stereocenters. The first-order chi connectivity index (χ1) is 13.3. The van der Waals surface area contributed by atoms with Crippen LogP contribution in [-0.4, -0.2) is 30.8 Å². The number of nitrogens with zero attached hydrogens (tertiary/aromatic N) is 3. The first kappa shape index (κ1) is 23.6. The third-order valence-electron chi connectivity index (χ3n) is 3.87. The summed E-state index contributed by atoms with van der Waals surface area (Å²) in [6.45, 7) is 0.937. The molecule has 2 heterocycles. The van der Waals surface area contributed by atoms with E-state index in [0.717, 1.165) is 35.5 Å². The van der Waals surface area contributed by atoms with E-state index in [1.165, 1.54) is 16.1 Å². The van der Waals surface area contributed by atoms with Crippen molar-refractivity contribution in [3.63, 3.8) is 0 Å². The summed E-state index contributed by atoms with van der Waals surface area (Å²) in [4.78, 5) is 7.53. The molecule has 3 aromatic rings. The van der Waals surface area contributed by atoms with Crippen molar-refractivity contribution in [3.8, 4) is 0 Å². The molecular formula is C17H17Cl6N4OSb. The van der Waals surface area contributed by atoms with E-state index in [4.69, 9.17) is 57.9 Å². The van der Waals surface area contributed by atoms with Crippen molar-refractivity contribution in [1.82, 2.24) is 15.2 Å². The molecular weight excluding hydrogens is 611 g/mol. The van der Waals surface area contributed by atoms with Gasteiger partial charge in [-0.25, -0.2) is 0 Å². The summed E-state index contributed by atoms with van der Waals surface area (Å²) < 4.78 is 0. The van der Waals surface area contributed by atoms with Gasteiger partial charge in [0, 0.05) is 18.9 Å². The Balaban J connectivity index is 0.000000298. The van der Waals surface area contributed by atoms with Gasteiger partial charge < -0.3 is 0 Å². The van der Waals surface area contributed by atoms with Crippen LogP contribution < -0.4 is 10.0 Å². The molecule has 1 aliphatic rings. The second-order valence-electron chi connectivity index (χ2n) is 6.36. The van der Waals surface area contributed by atoms with Crippen LogP contribution in [0.15, 0.2) is 60.3 Å². The van der Waals surface area contributed by atoms with E-state index < -0.39 is 9.14 Å². The normalized spacial score (nSPS) is 20.6. The Morgan fingerprint density at radius 1 is 0.931 bits per heavy atom. The molecule has 12 heteroatoms. The Hall–Kier alpha value is -0.102. The minimum atomic E-state index is -5.42. The molecule has 1 unspecified atom stereocenters. The zero-order valence-corrected chi connectivity index (χ0v) is 21.9. The van der Waals surface area contributed by atoms with Crippen LogP contribution in [0.2, 0.25) is 0 Å². The predicted molar refractivity (Wildman–Crippen MR) is 124 cm³/mol. The molecule has 1 saturated heterocycles. The van der Waals surface area contributed by atoms with Crippen LogP contribution in [0.3, 0.4) is 0 Å². The van der Waals surface area contributed by atoms with Crippen LogP contribution >= 0.6 is 53.0 Å². The van der Waals surface area contributed by atoms with Gasteiger partial charge in [0.05, 0.1) is 0 Å². The van der Waals surface area contributed by atoms with Crippen LogP contribution in [0.5, 0.6) is 0 Å². The molecule has 1 fully saturated rings. The third-order valence-corrected chi connectivity index (χ3v) is 3.87. The van der Waals surface area contributed by atoms with E-state index in [1.807, 2.05) is 42.5 Å². The molecule has 0 saturated carbocycles. The van der Waals surface area contributed by atoms with Gasteiger partial charge >= 0.3 is 62.1 Å². The van der Waals surface area contributed by atoms with Gasteiger partial charge in [0.2, 0.25) is 0 Å². The van der Waals surface area contributed by atoms with E-state index in [0.29, 0.717) is 0 Å². The Kier molecular flexibility index (Phi) is 6.86. The van der Waals surface area contributed by atoms with Gasteiger partial charge in [-0.1, -0.05) is 47.5 Å². The summed E-state index contributed by atoms with van der Waals surface area (Å²) in [6, 6.07) is 18.1. The number of hydrogen-bond donors (Lipinski definition) is 1. The zero-order chi connectivity index (χ0) is 21.2. The summed E-state index contributed by atoms with van der Waals surface area (Å²) in [5.74, 6) is 0. The van der Waals surface area contributed by atoms with Crippen molar-refractivity contribution in [2.75, 3.05) is 6.54 Å². The fraction of sp³-hybridized carbons (Fsp3) is 0.176. The van der Waals surface area contributed by atoms with Crippen LogP contribution in [-0.2, 0) is 0 Å². The first-order valence-electron chi connectivity index (χ1n) is 8.52. The number of fused-ring (bicyclic) bond motifs is 1. The summed E-state index contributed by atoms with van der Waals surface area (Å²) in [7, 11) is 25.0. The number of para-hydroxylation sites is 1. The van der Waals surface area contributed by atoms with Gasteiger partial charge in [-0.3, -0.25) is 0 Å². The molecule has 1 N–H and O–H groups in total. The fourth-order valence-corrected chi connectivity index (χ4v) is 2.77. The standard InChI is InChI=1S/C17H16N4O.6ClH.Sb/c1-2-7-14(8-3-1)13-15-9-6-12-20(15)22-21-17-11-5-4-10-16(17)18-19-21;;;;;;;/h1-5,7-8,10-11,13H,6,9,12H2;6*1H;/q;;;;;;;+5/p-5. The number of nitrogens with one attached hydrogen (secondary N) is 1. The number of rotatable bonds is 3. The summed E-state index contributed by atoms with van der Waals surface area (Å²) in [5.41, 5.74) is 4.17. The Labute approximate surface area is 188 Å². The van der Waals surface area contributed by atoms with Crippen molar-refractivity contribution in [2.45, 2.75) is 12.8 Å². The van der Waals surface area contributed by atoms with E-state index >= 15 is 0 Å². The SMILES string of the molecule is C(=C1CCC[NH+]1On1nnc2ccccc21)c1ccccc1.[Cl][Sb-]([Cl])([Cl])([Cl])([Cl])[Cl]. The van der Waals surface area contributed by atoms with Crippen LogP contribution in [0.4, 0.5) is 0 Å². The molecule has 2 aromatic carbocycles. The molecule has 0 aliphatic carbocycles. The molecule has 0 spiro atoms. The average molecular weight is 628 g/mol. The van der Waals surface area contributed by atoms with Crippen molar-refractivity contribution in [1.29, 1.82) is 0 Å². The average Bonchev–Trinajstić information content (AvgIpc) is 3.21. The van der Waals surface area contributed by atoms with E-state index in [-0.39, 0.29) is 0 Å². The number of hydroxylamine groups is 2. The van der Waals surface area contributed by atoms with Crippen LogP contribution in [0, 0.1) is 0 Å². The summed E-state index contributed by atoms with van der Waals surface area (Å²) >= 11 is 0. The third kappa shape index (κ3) is 8.88. The quantitative estimate of drug-likeness (QED) is 0.404. The summed E-state index contributed by atoms with van der Waals surface area (Å²) in [5, 5.41) is 9.21. The number of hydrogen-bond acceptors (Lipinski definition) is 3. The molecule has 4 rings (SSSR count). The van der Waals surface area contributed by atoms with Crippen LogP contribution in [0.1, 0.15) is 18.4 Å². The van der Waals surface area contributed by atoms with Crippen LogP contribution in [0.25, 0.3) is 17.1 Å². The van der Waals surface area contributed by atoms with E-state index in [1.54, 1.807) is 0 Å². The maximum atomic E-state index is 6.00.